The zero-order chi connectivity index (χ0) is 16.9. The van der Waals surface area contributed by atoms with Crippen molar-refractivity contribution in [3.63, 3.8) is 0 Å². The van der Waals surface area contributed by atoms with Crippen molar-refractivity contribution >= 4 is 0 Å². The number of hydrogen-bond acceptors (Lipinski definition) is 3. The fraction of sp³-hybridized carbons (Fsp3) is 0.600. The lowest BCUT2D eigenvalue weighted by Crippen LogP contribution is -2.28. The Kier molecular flexibility index (Phi) is 6.11. The molecular formula is C20H30O3. The van der Waals surface area contributed by atoms with Gasteiger partial charge in [0.2, 0.25) is 0 Å². The molecule has 1 atom stereocenters. The molecule has 1 unspecified atom stereocenters. The Balaban J connectivity index is 1.79. The summed E-state index contributed by atoms with van der Waals surface area (Å²) in [6.07, 6.45) is 5.51. The maximum absolute atomic E-state index is 5.81. The van der Waals surface area contributed by atoms with Gasteiger partial charge in [-0.3, -0.25) is 0 Å². The number of ether oxygens (including phenoxy) is 3. The Labute approximate surface area is 140 Å². The van der Waals surface area contributed by atoms with E-state index in [4.69, 9.17) is 14.2 Å². The quantitative estimate of drug-likeness (QED) is 0.677. The number of methoxy groups -OCH3 is 1. The van der Waals surface area contributed by atoms with Gasteiger partial charge in [-0.05, 0) is 42.9 Å². The summed E-state index contributed by atoms with van der Waals surface area (Å²) in [5.41, 5.74) is 2.79. The lowest BCUT2D eigenvalue weighted by molar-refractivity contribution is 0.0110. The highest BCUT2D eigenvalue weighted by atomic mass is 16.5. The van der Waals surface area contributed by atoms with Gasteiger partial charge in [-0.1, -0.05) is 32.4 Å². The van der Waals surface area contributed by atoms with Crippen LogP contribution in [-0.2, 0) is 11.2 Å². The molecule has 3 heteroatoms. The highest BCUT2D eigenvalue weighted by Gasteiger charge is 2.23. The van der Waals surface area contributed by atoms with Gasteiger partial charge >= 0.3 is 0 Å². The molecule has 23 heavy (non-hydrogen) atoms. The average Bonchev–Trinajstić information content (AvgIpc) is 2.94. The van der Waals surface area contributed by atoms with Crippen LogP contribution in [0, 0.1) is 5.41 Å². The van der Waals surface area contributed by atoms with Crippen LogP contribution in [0.2, 0.25) is 0 Å². The van der Waals surface area contributed by atoms with E-state index in [9.17, 15) is 0 Å². The van der Waals surface area contributed by atoms with E-state index >= 15 is 0 Å². The molecule has 0 bridgehead atoms. The monoisotopic (exact) mass is 318 g/mol. The maximum Gasteiger partial charge on any atom is 0.126 e. The summed E-state index contributed by atoms with van der Waals surface area (Å²) in [6, 6.07) is 6.12. The zero-order valence-electron chi connectivity index (χ0n) is 15.1. The Morgan fingerprint density at radius 1 is 1.35 bits per heavy atom. The van der Waals surface area contributed by atoms with Crippen molar-refractivity contribution in [2.75, 3.05) is 20.3 Å². The standard InChI is InChI=1S/C20H30O3/c1-15(6-9-19(21-5)20(2,3)4)10-12-22-17-8-7-16-11-13-23-18(16)14-17/h7-8,10,14,19H,6,9,11-13H2,1-5H3/b15-10+. The molecule has 0 N–H and O–H groups in total. The van der Waals surface area contributed by atoms with Gasteiger partial charge in [0, 0.05) is 19.6 Å². The van der Waals surface area contributed by atoms with Gasteiger partial charge in [0.25, 0.3) is 0 Å². The van der Waals surface area contributed by atoms with E-state index in [1.54, 1.807) is 7.11 Å². The Morgan fingerprint density at radius 3 is 2.83 bits per heavy atom. The van der Waals surface area contributed by atoms with Crippen LogP contribution in [-0.4, -0.2) is 26.4 Å². The molecule has 0 saturated heterocycles. The third-order valence-corrected chi connectivity index (χ3v) is 4.40. The average molecular weight is 318 g/mol. The fourth-order valence-corrected chi connectivity index (χ4v) is 2.88. The molecule has 1 heterocycles. The predicted molar refractivity (Wildman–Crippen MR) is 94.4 cm³/mol. The first-order chi connectivity index (χ1) is 10.9. The van der Waals surface area contributed by atoms with Gasteiger partial charge in [-0.25, -0.2) is 0 Å². The van der Waals surface area contributed by atoms with E-state index in [2.05, 4.69) is 39.8 Å². The number of hydrogen-bond donors (Lipinski definition) is 0. The van der Waals surface area contributed by atoms with Crippen molar-refractivity contribution in [3.8, 4) is 11.5 Å². The normalized spacial score (nSPS) is 16.0. The van der Waals surface area contributed by atoms with Gasteiger partial charge < -0.3 is 14.2 Å². The van der Waals surface area contributed by atoms with E-state index in [0.717, 1.165) is 37.4 Å². The lowest BCUT2D eigenvalue weighted by Gasteiger charge is -2.29. The molecule has 0 saturated carbocycles. The van der Waals surface area contributed by atoms with E-state index in [-0.39, 0.29) is 11.5 Å². The van der Waals surface area contributed by atoms with Crippen molar-refractivity contribution in [2.45, 2.75) is 53.1 Å². The molecule has 2 rings (SSSR count). The number of rotatable bonds is 7. The largest absolute Gasteiger partial charge is 0.493 e. The van der Waals surface area contributed by atoms with E-state index < -0.39 is 0 Å². The first-order valence-corrected chi connectivity index (χ1v) is 8.47. The molecule has 128 valence electrons. The van der Waals surface area contributed by atoms with Crippen molar-refractivity contribution < 1.29 is 14.2 Å². The predicted octanol–water partition coefficient (Wildman–Crippen LogP) is 4.79. The minimum absolute atomic E-state index is 0.177. The molecule has 0 radical (unpaired) electrons. The van der Waals surface area contributed by atoms with Crippen LogP contribution in [0.4, 0.5) is 0 Å². The molecule has 1 aliphatic heterocycles. The van der Waals surface area contributed by atoms with E-state index in [0.29, 0.717) is 6.61 Å². The van der Waals surface area contributed by atoms with Gasteiger partial charge in [0.05, 0.1) is 12.7 Å². The minimum atomic E-state index is 0.177. The van der Waals surface area contributed by atoms with Gasteiger partial charge in [-0.2, -0.15) is 0 Å². The zero-order valence-corrected chi connectivity index (χ0v) is 15.1. The molecule has 0 aromatic heterocycles. The molecule has 1 aromatic rings. The molecular weight excluding hydrogens is 288 g/mol. The fourth-order valence-electron chi connectivity index (χ4n) is 2.88. The van der Waals surface area contributed by atoms with Crippen molar-refractivity contribution in [2.24, 2.45) is 5.41 Å². The van der Waals surface area contributed by atoms with Crippen LogP contribution in [0.1, 0.15) is 46.1 Å². The van der Waals surface area contributed by atoms with Gasteiger partial charge in [-0.15, -0.1) is 0 Å². The third kappa shape index (κ3) is 5.28. The summed E-state index contributed by atoms with van der Waals surface area (Å²) in [7, 11) is 1.80. The number of fused-ring (bicyclic) bond motifs is 1. The minimum Gasteiger partial charge on any atom is -0.493 e. The van der Waals surface area contributed by atoms with E-state index in [1.807, 2.05) is 12.1 Å². The summed E-state index contributed by atoms with van der Waals surface area (Å²) in [5.74, 6) is 1.84. The van der Waals surface area contributed by atoms with Crippen molar-refractivity contribution in [3.05, 3.63) is 35.4 Å². The van der Waals surface area contributed by atoms with Crippen LogP contribution in [0.3, 0.4) is 0 Å². The highest BCUT2D eigenvalue weighted by Crippen LogP contribution is 2.29. The molecule has 0 fully saturated rings. The van der Waals surface area contributed by atoms with Gasteiger partial charge in [0.1, 0.15) is 18.1 Å². The summed E-state index contributed by atoms with van der Waals surface area (Å²) in [6.45, 7) is 10.2. The Bertz CT molecular complexity index is 540. The van der Waals surface area contributed by atoms with Crippen LogP contribution in [0.25, 0.3) is 0 Å². The molecule has 1 aliphatic rings. The number of benzene rings is 1. The number of allylic oxidation sites excluding steroid dienone is 1. The molecule has 0 amide bonds. The third-order valence-electron chi connectivity index (χ3n) is 4.40. The summed E-state index contributed by atoms with van der Waals surface area (Å²) in [4.78, 5) is 0. The molecule has 0 aliphatic carbocycles. The topological polar surface area (TPSA) is 27.7 Å². The second-order valence-electron chi connectivity index (χ2n) is 7.36. The van der Waals surface area contributed by atoms with Crippen LogP contribution < -0.4 is 9.47 Å². The smallest absolute Gasteiger partial charge is 0.126 e. The molecule has 3 nitrogen and oxygen atoms in total. The second kappa shape index (κ2) is 7.87. The van der Waals surface area contributed by atoms with Crippen molar-refractivity contribution in [1.82, 2.24) is 0 Å². The Morgan fingerprint density at radius 2 is 2.13 bits per heavy atom. The summed E-state index contributed by atoms with van der Waals surface area (Å²) in [5, 5.41) is 0. The first-order valence-electron chi connectivity index (χ1n) is 8.47. The lowest BCUT2D eigenvalue weighted by atomic mass is 9.85. The molecule has 1 aromatic carbocycles. The van der Waals surface area contributed by atoms with Crippen LogP contribution in [0.15, 0.2) is 29.8 Å². The highest BCUT2D eigenvalue weighted by molar-refractivity contribution is 5.42. The van der Waals surface area contributed by atoms with E-state index in [1.165, 1.54) is 11.1 Å². The first kappa shape index (κ1) is 17.9. The molecule has 0 spiro atoms. The summed E-state index contributed by atoms with van der Waals surface area (Å²) < 4.78 is 17.0. The SMILES string of the molecule is COC(CC/C(C)=C/COc1ccc2c(c1)OCC2)C(C)(C)C. The van der Waals surface area contributed by atoms with Crippen LogP contribution >= 0.6 is 0 Å². The van der Waals surface area contributed by atoms with Crippen molar-refractivity contribution in [1.29, 1.82) is 0 Å². The Hall–Kier alpha value is -1.48. The second-order valence-corrected chi connectivity index (χ2v) is 7.36. The van der Waals surface area contributed by atoms with Gasteiger partial charge in [0.15, 0.2) is 0 Å². The summed E-state index contributed by atoms with van der Waals surface area (Å²) >= 11 is 0. The van der Waals surface area contributed by atoms with Crippen LogP contribution in [0.5, 0.6) is 11.5 Å². The maximum atomic E-state index is 5.81.